The molecule has 0 atom stereocenters. The summed E-state index contributed by atoms with van der Waals surface area (Å²) in [5.74, 6) is 2.65. The van der Waals surface area contributed by atoms with Crippen molar-refractivity contribution in [3.05, 3.63) is 41.5 Å². The number of benzene rings is 1. The van der Waals surface area contributed by atoms with E-state index < -0.39 is 0 Å². The highest BCUT2D eigenvalue weighted by atomic mass is 15.0. The molecule has 4 heteroatoms. The number of aromatic nitrogens is 3. The van der Waals surface area contributed by atoms with Gasteiger partial charge in [0.2, 0.25) is 0 Å². The number of rotatable bonds is 4. The fourth-order valence-corrected chi connectivity index (χ4v) is 1.88. The highest BCUT2D eigenvalue weighted by Gasteiger charge is 2.09. The summed E-state index contributed by atoms with van der Waals surface area (Å²) in [5.41, 5.74) is 7.81. The molecule has 1 heterocycles. The zero-order valence-electron chi connectivity index (χ0n) is 11.7. The Labute approximate surface area is 114 Å². The lowest BCUT2D eigenvalue weighted by Gasteiger charge is -2.08. The second kappa shape index (κ2) is 5.89. The molecule has 2 aromatic rings. The molecule has 19 heavy (non-hydrogen) atoms. The predicted molar refractivity (Wildman–Crippen MR) is 76.8 cm³/mol. The molecule has 1 aromatic heterocycles. The van der Waals surface area contributed by atoms with E-state index in [4.69, 9.17) is 5.73 Å². The fraction of sp³-hybridized carbons (Fsp3) is 0.400. The van der Waals surface area contributed by atoms with Gasteiger partial charge in [0.05, 0.1) is 0 Å². The van der Waals surface area contributed by atoms with E-state index in [0.717, 1.165) is 29.5 Å². The summed E-state index contributed by atoms with van der Waals surface area (Å²) in [6, 6.07) is 8.25. The number of hydrogen-bond donors (Lipinski definition) is 1. The van der Waals surface area contributed by atoms with Crippen molar-refractivity contribution in [3.63, 3.8) is 0 Å². The third-order valence-electron chi connectivity index (χ3n) is 2.93. The van der Waals surface area contributed by atoms with Crippen molar-refractivity contribution < 1.29 is 0 Å². The maximum absolute atomic E-state index is 5.55. The number of nitrogens with two attached hydrogens (primary N) is 1. The number of aryl methyl sites for hydroxylation is 1. The van der Waals surface area contributed by atoms with Gasteiger partial charge in [0.15, 0.2) is 5.82 Å². The first-order valence-electron chi connectivity index (χ1n) is 6.62. The molecule has 4 nitrogen and oxygen atoms in total. The molecule has 2 N–H and O–H groups in total. The van der Waals surface area contributed by atoms with Gasteiger partial charge < -0.3 is 5.73 Å². The van der Waals surface area contributed by atoms with Gasteiger partial charge in [0.1, 0.15) is 11.6 Å². The summed E-state index contributed by atoms with van der Waals surface area (Å²) in [6.45, 7) is 6.74. The highest BCUT2D eigenvalue weighted by Crippen LogP contribution is 2.18. The molecule has 0 saturated heterocycles. The molecule has 0 bridgehead atoms. The largest absolute Gasteiger partial charge is 0.330 e. The molecule has 0 aliphatic heterocycles. The Morgan fingerprint density at radius 1 is 1.05 bits per heavy atom. The van der Waals surface area contributed by atoms with Crippen molar-refractivity contribution in [2.45, 2.75) is 33.1 Å². The summed E-state index contributed by atoms with van der Waals surface area (Å²) < 4.78 is 0. The molecule has 0 aliphatic carbocycles. The van der Waals surface area contributed by atoms with Crippen molar-refractivity contribution in [3.8, 4) is 11.4 Å². The molecule has 0 spiro atoms. The molecule has 0 fully saturated rings. The maximum Gasteiger partial charge on any atom is 0.163 e. The first kappa shape index (κ1) is 13.6. The van der Waals surface area contributed by atoms with E-state index in [2.05, 4.69) is 40.9 Å². The SMILES string of the molecule is Cc1nc(-c2ccc(CCN)cc2)nc(C(C)C)n1. The normalized spacial score (nSPS) is 11.0. The monoisotopic (exact) mass is 256 g/mol. The van der Waals surface area contributed by atoms with Crippen LogP contribution >= 0.6 is 0 Å². The first-order chi connectivity index (χ1) is 9.10. The van der Waals surface area contributed by atoms with Crippen LogP contribution in [0.3, 0.4) is 0 Å². The quantitative estimate of drug-likeness (QED) is 0.912. The zero-order chi connectivity index (χ0) is 13.8. The van der Waals surface area contributed by atoms with Gasteiger partial charge in [-0.15, -0.1) is 0 Å². The van der Waals surface area contributed by atoms with Crippen molar-refractivity contribution in [2.24, 2.45) is 5.73 Å². The van der Waals surface area contributed by atoms with Gasteiger partial charge >= 0.3 is 0 Å². The Kier molecular flexibility index (Phi) is 4.22. The molecule has 0 unspecified atom stereocenters. The highest BCUT2D eigenvalue weighted by molar-refractivity contribution is 5.55. The van der Waals surface area contributed by atoms with Gasteiger partial charge in [-0.2, -0.15) is 0 Å². The van der Waals surface area contributed by atoms with Crippen molar-refractivity contribution in [2.75, 3.05) is 6.54 Å². The van der Waals surface area contributed by atoms with Gasteiger partial charge in [-0.25, -0.2) is 15.0 Å². The minimum Gasteiger partial charge on any atom is -0.330 e. The van der Waals surface area contributed by atoms with Crippen LogP contribution in [0.15, 0.2) is 24.3 Å². The topological polar surface area (TPSA) is 64.7 Å². The molecule has 0 aliphatic rings. The van der Waals surface area contributed by atoms with Crippen LogP contribution in [0.4, 0.5) is 0 Å². The molecule has 0 radical (unpaired) electrons. The van der Waals surface area contributed by atoms with Crippen LogP contribution in [0.25, 0.3) is 11.4 Å². The van der Waals surface area contributed by atoms with E-state index >= 15 is 0 Å². The van der Waals surface area contributed by atoms with Crippen LogP contribution in [0.2, 0.25) is 0 Å². The summed E-state index contributed by atoms with van der Waals surface area (Å²) >= 11 is 0. The Bertz CT molecular complexity index is 547. The van der Waals surface area contributed by atoms with Crippen LogP contribution in [-0.2, 0) is 6.42 Å². The van der Waals surface area contributed by atoms with Gasteiger partial charge in [-0.1, -0.05) is 38.1 Å². The Hall–Kier alpha value is -1.81. The average Bonchev–Trinajstić information content (AvgIpc) is 2.39. The summed E-state index contributed by atoms with van der Waals surface area (Å²) in [6.07, 6.45) is 0.897. The van der Waals surface area contributed by atoms with Gasteiger partial charge in [-0.3, -0.25) is 0 Å². The van der Waals surface area contributed by atoms with Crippen LogP contribution in [0.5, 0.6) is 0 Å². The van der Waals surface area contributed by atoms with Crippen LogP contribution in [0, 0.1) is 6.92 Å². The molecule has 100 valence electrons. The summed E-state index contributed by atoms with van der Waals surface area (Å²) in [7, 11) is 0. The molecular formula is C15H20N4. The third-order valence-corrected chi connectivity index (χ3v) is 2.93. The van der Waals surface area contributed by atoms with Crippen LogP contribution in [-0.4, -0.2) is 21.5 Å². The molecule has 2 rings (SSSR count). The third kappa shape index (κ3) is 3.35. The number of nitrogens with zero attached hydrogens (tertiary/aromatic N) is 3. The minimum absolute atomic E-state index is 0.303. The first-order valence-corrected chi connectivity index (χ1v) is 6.62. The van der Waals surface area contributed by atoms with Crippen molar-refractivity contribution in [1.29, 1.82) is 0 Å². The molecule has 0 saturated carbocycles. The van der Waals surface area contributed by atoms with E-state index in [1.807, 2.05) is 19.1 Å². The van der Waals surface area contributed by atoms with E-state index in [9.17, 15) is 0 Å². The van der Waals surface area contributed by atoms with E-state index in [-0.39, 0.29) is 0 Å². The van der Waals surface area contributed by atoms with Gasteiger partial charge in [0, 0.05) is 11.5 Å². The van der Waals surface area contributed by atoms with Crippen LogP contribution in [0.1, 0.15) is 37.0 Å². The van der Waals surface area contributed by atoms with E-state index in [1.165, 1.54) is 5.56 Å². The molecule has 0 amide bonds. The van der Waals surface area contributed by atoms with Gasteiger partial charge in [0.25, 0.3) is 0 Å². The second-order valence-electron chi connectivity index (χ2n) is 4.95. The maximum atomic E-state index is 5.55. The predicted octanol–water partition coefficient (Wildman–Crippen LogP) is 2.47. The molecule has 1 aromatic carbocycles. The van der Waals surface area contributed by atoms with E-state index in [0.29, 0.717) is 12.5 Å². The summed E-state index contributed by atoms with van der Waals surface area (Å²) in [4.78, 5) is 13.3. The van der Waals surface area contributed by atoms with Crippen molar-refractivity contribution in [1.82, 2.24) is 15.0 Å². The lowest BCUT2D eigenvalue weighted by molar-refractivity contribution is 0.750. The minimum atomic E-state index is 0.303. The average molecular weight is 256 g/mol. The van der Waals surface area contributed by atoms with Gasteiger partial charge in [-0.05, 0) is 25.5 Å². The zero-order valence-corrected chi connectivity index (χ0v) is 11.7. The lowest BCUT2D eigenvalue weighted by atomic mass is 10.1. The Morgan fingerprint density at radius 2 is 1.74 bits per heavy atom. The summed E-state index contributed by atoms with van der Waals surface area (Å²) in [5, 5.41) is 0. The molecular weight excluding hydrogens is 236 g/mol. The van der Waals surface area contributed by atoms with E-state index in [1.54, 1.807) is 0 Å². The lowest BCUT2D eigenvalue weighted by Crippen LogP contribution is -2.04. The standard InChI is InChI=1S/C15H20N4/c1-10(2)14-17-11(3)18-15(19-14)13-6-4-12(5-7-13)8-9-16/h4-7,10H,8-9,16H2,1-3H3. The Morgan fingerprint density at radius 3 is 2.32 bits per heavy atom. The number of hydrogen-bond acceptors (Lipinski definition) is 4. The fourth-order valence-electron chi connectivity index (χ4n) is 1.88. The Balaban J connectivity index is 2.35. The second-order valence-corrected chi connectivity index (χ2v) is 4.95. The van der Waals surface area contributed by atoms with Crippen molar-refractivity contribution >= 4 is 0 Å². The smallest absolute Gasteiger partial charge is 0.163 e. The van der Waals surface area contributed by atoms with Crippen LogP contribution < -0.4 is 5.73 Å².